The molecule has 0 amide bonds. The molecule has 0 aliphatic rings. The van der Waals surface area contributed by atoms with E-state index in [1.54, 1.807) is 0 Å². The minimum atomic E-state index is -0.981. The number of hydrogen-bond acceptors (Lipinski definition) is 2. The second-order valence-electron chi connectivity index (χ2n) is 2.44. The van der Waals surface area contributed by atoms with Crippen LogP contribution in [0.3, 0.4) is 0 Å². The van der Waals surface area contributed by atoms with Crippen molar-refractivity contribution < 1.29 is 14.7 Å². The van der Waals surface area contributed by atoms with Gasteiger partial charge in [-0.1, -0.05) is 12.1 Å². The highest BCUT2D eigenvalue weighted by atomic mass is 16.3. The van der Waals surface area contributed by atoms with E-state index in [9.17, 15) is 9.59 Å². The number of carboxylic acid groups (broad SMARTS) is 1. The Morgan fingerprint density at radius 3 is 1.83 bits per heavy atom. The zero-order valence-electron chi connectivity index (χ0n) is 6.57. The Labute approximate surface area is 69.6 Å². The van der Waals surface area contributed by atoms with Gasteiger partial charge in [-0.3, -0.25) is 4.79 Å². The van der Waals surface area contributed by atoms with Crippen molar-refractivity contribution in [2.75, 3.05) is 0 Å². The lowest BCUT2D eigenvalue weighted by Crippen LogP contribution is -1.97. The van der Waals surface area contributed by atoms with Crippen LogP contribution in [0.4, 0.5) is 0 Å². The lowest BCUT2D eigenvalue weighted by atomic mass is 9.93. The van der Waals surface area contributed by atoms with Gasteiger partial charge in [0, 0.05) is 5.56 Å². The Morgan fingerprint density at radius 1 is 1.08 bits per heavy atom. The summed E-state index contributed by atoms with van der Waals surface area (Å²) in [6.07, 6.45) is 0. The number of benzene rings is 1. The smallest absolute Gasteiger partial charge is 0.335 e. The molecule has 3 heteroatoms. The van der Waals surface area contributed by atoms with E-state index in [1.807, 2.05) is 0 Å². The predicted octanol–water partition coefficient (Wildman–Crippen LogP) is 1.59. The monoisotopic (exact) mass is 163 g/mol. The average Bonchev–Trinajstić information content (AvgIpc) is 2.04. The maximum Gasteiger partial charge on any atom is 0.335 e. The summed E-state index contributed by atoms with van der Waals surface area (Å²) in [6.45, 7) is 1.44. The maximum absolute atomic E-state index is 10.8. The van der Waals surface area contributed by atoms with E-state index in [-0.39, 0.29) is 11.3 Å². The van der Waals surface area contributed by atoms with Gasteiger partial charge in [-0.15, -0.1) is 0 Å². The number of hydrogen-bond donors (Lipinski definition) is 1. The highest BCUT2D eigenvalue weighted by molar-refractivity contribution is 5.95. The number of carboxylic acids is 1. The zero-order valence-corrected chi connectivity index (χ0v) is 6.57. The van der Waals surface area contributed by atoms with Crippen LogP contribution in [0.2, 0.25) is 0 Å². The first kappa shape index (κ1) is 8.46. The fourth-order valence-electron chi connectivity index (χ4n) is 0.848. The normalized spacial score (nSPS) is 9.42. The van der Waals surface area contributed by atoms with Crippen LogP contribution in [0.5, 0.6) is 0 Å². The van der Waals surface area contributed by atoms with Gasteiger partial charge >= 0.3 is 5.97 Å². The van der Waals surface area contributed by atoms with Crippen molar-refractivity contribution in [3.8, 4) is 0 Å². The number of rotatable bonds is 2. The van der Waals surface area contributed by atoms with E-state index in [2.05, 4.69) is 0 Å². The fourth-order valence-corrected chi connectivity index (χ4v) is 0.848. The van der Waals surface area contributed by atoms with Crippen molar-refractivity contribution in [1.29, 1.82) is 0 Å². The largest absolute Gasteiger partial charge is 0.478 e. The molecular formula is C9H8O3. The number of carbonyl (C=O) groups excluding carboxylic acids is 1. The SMILES string of the molecule is CC(=O)c1ccc([11C](=O)O)cc1. The average molecular weight is 163 g/mol. The van der Waals surface area contributed by atoms with E-state index < -0.39 is 5.97 Å². The topological polar surface area (TPSA) is 54.4 Å². The van der Waals surface area contributed by atoms with Gasteiger partial charge < -0.3 is 5.11 Å². The first-order valence-electron chi connectivity index (χ1n) is 3.45. The van der Waals surface area contributed by atoms with Gasteiger partial charge in [0.25, 0.3) is 0 Å². The Kier molecular flexibility index (Phi) is 2.24. The van der Waals surface area contributed by atoms with Crippen LogP contribution >= 0.6 is 0 Å². The highest BCUT2D eigenvalue weighted by Crippen LogP contribution is 2.04. The Bertz CT molecular complexity index is 278. The van der Waals surface area contributed by atoms with Crippen LogP contribution in [0.1, 0.15) is 27.6 Å². The lowest BCUT2D eigenvalue weighted by Gasteiger charge is -1.95. The van der Waals surface area contributed by atoms with E-state index >= 15 is 0 Å². The maximum atomic E-state index is 10.8. The second kappa shape index (κ2) is 3.17. The van der Waals surface area contributed by atoms with E-state index in [0.717, 1.165) is 0 Å². The molecule has 1 rings (SSSR count). The molecule has 0 saturated heterocycles. The highest BCUT2D eigenvalue weighted by Gasteiger charge is 2.02. The molecule has 0 heterocycles. The van der Waals surface area contributed by atoms with Crippen LogP contribution in [-0.2, 0) is 0 Å². The van der Waals surface area contributed by atoms with E-state index in [1.165, 1.54) is 31.2 Å². The van der Waals surface area contributed by atoms with Crippen molar-refractivity contribution in [1.82, 2.24) is 0 Å². The summed E-state index contributed by atoms with van der Waals surface area (Å²) in [5.74, 6) is -1.04. The third-order valence-corrected chi connectivity index (χ3v) is 1.54. The molecule has 0 unspecified atom stereocenters. The van der Waals surface area contributed by atoms with Crippen molar-refractivity contribution in [2.24, 2.45) is 0 Å². The van der Waals surface area contributed by atoms with Gasteiger partial charge in [-0.05, 0) is 19.1 Å². The minimum absolute atomic E-state index is 0.0630. The molecule has 62 valence electrons. The number of aromatic carboxylic acids is 1. The molecule has 0 bridgehead atoms. The van der Waals surface area contributed by atoms with Gasteiger partial charge in [-0.2, -0.15) is 0 Å². The zero-order chi connectivity index (χ0) is 9.14. The van der Waals surface area contributed by atoms with Crippen LogP contribution in [0.25, 0.3) is 0 Å². The quantitative estimate of drug-likeness (QED) is 0.673. The fraction of sp³-hybridized carbons (Fsp3) is 0.111. The lowest BCUT2D eigenvalue weighted by molar-refractivity contribution is 0.0696. The molecule has 12 heavy (non-hydrogen) atoms. The molecule has 0 spiro atoms. The summed E-state index contributed by atoms with van der Waals surface area (Å²) in [4.78, 5) is 21.2. The molecule has 0 fully saturated rings. The first-order valence-corrected chi connectivity index (χ1v) is 3.45. The molecule has 0 aromatic heterocycles. The summed E-state index contributed by atoms with van der Waals surface area (Å²) in [5, 5.41) is 8.53. The molecule has 0 aliphatic carbocycles. The molecule has 1 aromatic rings. The van der Waals surface area contributed by atoms with Crippen molar-refractivity contribution in [3.63, 3.8) is 0 Å². The summed E-state index contributed by atoms with van der Waals surface area (Å²) < 4.78 is 0. The van der Waals surface area contributed by atoms with Crippen molar-refractivity contribution in [3.05, 3.63) is 35.4 Å². The second-order valence-corrected chi connectivity index (χ2v) is 2.44. The summed E-state index contributed by atoms with van der Waals surface area (Å²) >= 11 is 0. The Balaban J connectivity index is 3.01. The van der Waals surface area contributed by atoms with Crippen molar-refractivity contribution in [2.45, 2.75) is 6.92 Å². The molecular weight excluding hydrogens is 155 g/mol. The van der Waals surface area contributed by atoms with Crippen LogP contribution < -0.4 is 0 Å². The van der Waals surface area contributed by atoms with Gasteiger partial charge in [0.2, 0.25) is 0 Å². The Hall–Kier alpha value is -1.64. The minimum Gasteiger partial charge on any atom is -0.478 e. The molecule has 0 saturated carbocycles. The van der Waals surface area contributed by atoms with Crippen LogP contribution in [0.15, 0.2) is 24.3 Å². The first-order chi connectivity index (χ1) is 5.61. The van der Waals surface area contributed by atoms with Gasteiger partial charge in [0.1, 0.15) is 0 Å². The van der Waals surface area contributed by atoms with E-state index in [0.29, 0.717) is 5.56 Å². The summed E-state index contributed by atoms with van der Waals surface area (Å²) in [6, 6.07) is 5.84. The van der Waals surface area contributed by atoms with Crippen LogP contribution in [-0.4, -0.2) is 16.9 Å². The number of carbonyl (C=O) groups is 2. The summed E-state index contributed by atoms with van der Waals surface area (Å²) in [5.41, 5.74) is 0.722. The number of Topliss-reactive ketones (excluding diaryl/α,β-unsaturated/α-hetero) is 1. The molecule has 1 N–H and O–H groups in total. The molecule has 0 atom stereocenters. The Morgan fingerprint density at radius 2 is 1.50 bits per heavy atom. The molecule has 3 nitrogen and oxygen atoms in total. The standard InChI is InChI=1S/C9H8O3/c1-6(10)7-2-4-8(5-3-7)9(11)12/h2-5H,1H3,(H,11,12)/i9-1. The van der Waals surface area contributed by atoms with E-state index in [4.69, 9.17) is 5.11 Å². The molecule has 0 radical (unpaired) electrons. The van der Waals surface area contributed by atoms with Gasteiger partial charge in [-0.25, -0.2) is 4.79 Å². The van der Waals surface area contributed by atoms with Gasteiger partial charge in [0.05, 0.1) is 5.56 Å². The number of ketones is 1. The molecule has 1 aromatic carbocycles. The molecule has 0 aliphatic heterocycles. The van der Waals surface area contributed by atoms with Crippen LogP contribution in [0, 0.1) is 0 Å². The van der Waals surface area contributed by atoms with Gasteiger partial charge in [0.15, 0.2) is 5.78 Å². The third kappa shape index (κ3) is 1.69. The third-order valence-electron chi connectivity index (χ3n) is 1.54. The predicted molar refractivity (Wildman–Crippen MR) is 43.4 cm³/mol. The van der Waals surface area contributed by atoms with Crippen molar-refractivity contribution >= 4 is 11.8 Å². The summed E-state index contributed by atoms with van der Waals surface area (Å²) in [7, 11) is 0.